The SMILES string of the molecule is COCCN1C(=O)[C@@H]2[C@H]([C@@H](C)O)N[C@]3(C(=O)Nc4ccc(F)cc43)[C@@H]2C1=O. The summed E-state index contributed by atoms with van der Waals surface area (Å²) in [7, 11) is 1.46. The van der Waals surface area contributed by atoms with E-state index in [4.69, 9.17) is 4.74 Å². The van der Waals surface area contributed by atoms with Crippen LogP contribution in [0.2, 0.25) is 0 Å². The standard InChI is InChI=1S/C18H20FN3O5/c1-8(23)14-12-13(16(25)22(15(12)24)5-6-27-2)18(21-14)10-7-9(19)3-4-11(10)20-17(18)26/h3-4,7-8,12-14,21,23H,5-6H2,1-2H3,(H,20,26)/t8-,12+,13+,14+,18+/m1/s1. The van der Waals surface area contributed by atoms with Gasteiger partial charge in [0.05, 0.1) is 31.1 Å². The molecule has 1 aromatic carbocycles. The van der Waals surface area contributed by atoms with E-state index in [0.29, 0.717) is 5.69 Å². The number of nitrogens with one attached hydrogen (secondary N) is 2. The number of fused-ring (bicyclic) bond motifs is 4. The van der Waals surface area contributed by atoms with Gasteiger partial charge in [0.15, 0.2) is 0 Å². The van der Waals surface area contributed by atoms with Crippen molar-refractivity contribution in [3.63, 3.8) is 0 Å². The Labute approximate surface area is 154 Å². The summed E-state index contributed by atoms with van der Waals surface area (Å²) in [4.78, 5) is 40.1. The molecule has 144 valence electrons. The molecule has 0 unspecified atom stereocenters. The van der Waals surface area contributed by atoms with E-state index in [2.05, 4.69) is 10.6 Å². The number of halogens is 1. The first-order chi connectivity index (χ1) is 12.8. The Kier molecular flexibility index (Phi) is 4.06. The molecule has 27 heavy (non-hydrogen) atoms. The summed E-state index contributed by atoms with van der Waals surface area (Å²) < 4.78 is 18.9. The fraction of sp³-hybridized carbons (Fsp3) is 0.500. The summed E-state index contributed by atoms with van der Waals surface area (Å²) in [5, 5.41) is 15.9. The Balaban J connectivity index is 1.86. The van der Waals surface area contributed by atoms with E-state index in [1.807, 2.05) is 0 Å². The zero-order valence-electron chi connectivity index (χ0n) is 14.9. The molecule has 1 spiro atoms. The summed E-state index contributed by atoms with van der Waals surface area (Å²) in [5.41, 5.74) is -0.937. The van der Waals surface area contributed by atoms with Crippen LogP contribution in [0.15, 0.2) is 18.2 Å². The molecule has 3 amide bonds. The molecule has 3 aliphatic rings. The number of carbonyl (C=O) groups is 3. The third-order valence-corrected chi connectivity index (χ3v) is 5.74. The van der Waals surface area contributed by atoms with E-state index in [9.17, 15) is 23.9 Å². The molecule has 2 fully saturated rings. The van der Waals surface area contributed by atoms with Crippen LogP contribution >= 0.6 is 0 Å². The molecule has 1 aromatic rings. The molecule has 4 rings (SSSR count). The Morgan fingerprint density at radius 1 is 1.33 bits per heavy atom. The van der Waals surface area contributed by atoms with E-state index in [-0.39, 0.29) is 18.7 Å². The minimum Gasteiger partial charge on any atom is -0.392 e. The van der Waals surface area contributed by atoms with Gasteiger partial charge in [0, 0.05) is 24.4 Å². The third kappa shape index (κ3) is 2.28. The van der Waals surface area contributed by atoms with Crippen LogP contribution in [0.25, 0.3) is 0 Å². The van der Waals surface area contributed by atoms with Crippen molar-refractivity contribution in [1.29, 1.82) is 0 Å². The lowest BCUT2D eigenvalue weighted by Gasteiger charge is -2.30. The fourth-order valence-corrected chi connectivity index (χ4v) is 4.58. The lowest BCUT2D eigenvalue weighted by molar-refractivity contribution is -0.143. The predicted molar refractivity (Wildman–Crippen MR) is 90.9 cm³/mol. The molecular formula is C18H20FN3O5. The van der Waals surface area contributed by atoms with Crippen LogP contribution in [0.1, 0.15) is 12.5 Å². The van der Waals surface area contributed by atoms with E-state index < -0.39 is 53.1 Å². The number of amides is 3. The number of imide groups is 1. The maximum absolute atomic E-state index is 13.9. The van der Waals surface area contributed by atoms with Crippen LogP contribution in [0.3, 0.4) is 0 Å². The van der Waals surface area contributed by atoms with Crippen LogP contribution < -0.4 is 10.6 Å². The number of likely N-dealkylation sites (tertiary alicyclic amines) is 1. The Morgan fingerprint density at radius 2 is 2.07 bits per heavy atom. The van der Waals surface area contributed by atoms with Crippen molar-refractivity contribution in [3.05, 3.63) is 29.6 Å². The first kappa shape index (κ1) is 18.0. The molecule has 0 aromatic heterocycles. The second-order valence-corrected chi connectivity index (χ2v) is 7.19. The second-order valence-electron chi connectivity index (χ2n) is 7.19. The van der Waals surface area contributed by atoms with Crippen LogP contribution in [0.4, 0.5) is 10.1 Å². The zero-order valence-corrected chi connectivity index (χ0v) is 14.9. The highest BCUT2D eigenvalue weighted by Gasteiger charge is 2.71. The average molecular weight is 377 g/mol. The minimum absolute atomic E-state index is 0.0569. The number of hydrogen-bond acceptors (Lipinski definition) is 6. The largest absolute Gasteiger partial charge is 0.392 e. The lowest BCUT2D eigenvalue weighted by Crippen LogP contribution is -2.55. The number of anilines is 1. The maximum atomic E-state index is 13.9. The molecule has 3 heterocycles. The first-order valence-electron chi connectivity index (χ1n) is 8.74. The fourth-order valence-electron chi connectivity index (χ4n) is 4.58. The van der Waals surface area contributed by atoms with Gasteiger partial charge >= 0.3 is 0 Å². The highest BCUT2D eigenvalue weighted by molar-refractivity contribution is 6.15. The number of rotatable bonds is 4. The van der Waals surface area contributed by atoms with E-state index in [1.54, 1.807) is 0 Å². The molecule has 8 nitrogen and oxygen atoms in total. The van der Waals surface area contributed by atoms with E-state index in [1.165, 1.54) is 32.2 Å². The maximum Gasteiger partial charge on any atom is 0.250 e. The van der Waals surface area contributed by atoms with Crippen LogP contribution in [-0.4, -0.2) is 60.1 Å². The zero-order chi connectivity index (χ0) is 19.5. The predicted octanol–water partition coefficient (Wildman–Crippen LogP) is -0.427. The van der Waals surface area contributed by atoms with Crippen molar-refractivity contribution in [2.24, 2.45) is 11.8 Å². The normalized spacial score (nSPS) is 32.8. The number of benzene rings is 1. The van der Waals surface area contributed by atoms with Gasteiger partial charge in [0.1, 0.15) is 11.4 Å². The number of hydrogen-bond donors (Lipinski definition) is 3. The third-order valence-electron chi connectivity index (χ3n) is 5.74. The topological polar surface area (TPSA) is 108 Å². The van der Waals surface area contributed by atoms with Gasteiger partial charge in [-0.3, -0.25) is 24.6 Å². The Bertz CT molecular complexity index is 844. The number of nitrogens with zero attached hydrogens (tertiary/aromatic N) is 1. The second kappa shape index (κ2) is 6.08. The monoisotopic (exact) mass is 377 g/mol. The van der Waals surface area contributed by atoms with Gasteiger partial charge < -0.3 is 15.2 Å². The highest BCUT2D eigenvalue weighted by Crippen LogP contribution is 2.53. The molecule has 5 atom stereocenters. The minimum atomic E-state index is -1.60. The van der Waals surface area contributed by atoms with Crippen molar-refractivity contribution in [1.82, 2.24) is 10.2 Å². The Hall–Kier alpha value is -2.36. The van der Waals surface area contributed by atoms with E-state index >= 15 is 0 Å². The summed E-state index contributed by atoms with van der Waals surface area (Å²) in [6.07, 6.45) is -0.999. The van der Waals surface area contributed by atoms with Gasteiger partial charge in [-0.1, -0.05) is 0 Å². The van der Waals surface area contributed by atoms with E-state index in [0.717, 1.165) is 4.90 Å². The lowest BCUT2D eigenvalue weighted by atomic mass is 9.76. The summed E-state index contributed by atoms with van der Waals surface area (Å²) in [5.74, 6) is -4.06. The van der Waals surface area contributed by atoms with Gasteiger partial charge in [-0.15, -0.1) is 0 Å². The number of methoxy groups -OCH3 is 1. The molecule has 0 radical (unpaired) electrons. The number of ether oxygens (including phenoxy) is 1. The summed E-state index contributed by atoms with van der Waals surface area (Å²) in [6, 6.07) is 3.01. The number of carbonyl (C=O) groups excluding carboxylic acids is 3. The van der Waals surface area contributed by atoms with Crippen molar-refractivity contribution in [2.45, 2.75) is 24.6 Å². The van der Waals surface area contributed by atoms with Gasteiger partial charge in [-0.2, -0.15) is 0 Å². The van der Waals surface area contributed by atoms with Gasteiger partial charge in [-0.25, -0.2) is 4.39 Å². The molecular weight excluding hydrogens is 357 g/mol. The molecule has 3 aliphatic heterocycles. The van der Waals surface area contributed by atoms with Crippen molar-refractivity contribution >= 4 is 23.4 Å². The van der Waals surface area contributed by atoms with Crippen molar-refractivity contribution < 1.29 is 28.6 Å². The highest BCUT2D eigenvalue weighted by atomic mass is 19.1. The van der Waals surface area contributed by atoms with Crippen molar-refractivity contribution in [2.75, 3.05) is 25.6 Å². The molecule has 3 N–H and O–H groups in total. The van der Waals surface area contributed by atoms with Gasteiger partial charge in [0.25, 0.3) is 0 Å². The number of aliphatic hydroxyl groups excluding tert-OH is 1. The molecule has 0 aliphatic carbocycles. The quantitative estimate of drug-likeness (QED) is 0.615. The summed E-state index contributed by atoms with van der Waals surface area (Å²) >= 11 is 0. The summed E-state index contributed by atoms with van der Waals surface area (Å²) in [6.45, 7) is 1.71. The Morgan fingerprint density at radius 3 is 2.74 bits per heavy atom. The van der Waals surface area contributed by atoms with Gasteiger partial charge in [0.2, 0.25) is 17.7 Å². The number of aliphatic hydroxyl groups is 1. The molecule has 0 bridgehead atoms. The van der Waals surface area contributed by atoms with Crippen LogP contribution in [0.5, 0.6) is 0 Å². The molecule has 2 saturated heterocycles. The molecule has 0 saturated carbocycles. The molecule has 9 heteroatoms. The van der Waals surface area contributed by atoms with Crippen LogP contribution in [-0.2, 0) is 24.7 Å². The van der Waals surface area contributed by atoms with Gasteiger partial charge in [-0.05, 0) is 25.1 Å². The average Bonchev–Trinajstić information content (AvgIpc) is 3.20. The van der Waals surface area contributed by atoms with Crippen molar-refractivity contribution in [3.8, 4) is 0 Å². The first-order valence-corrected chi connectivity index (χ1v) is 8.74. The smallest absolute Gasteiger partial charge is 0.250 e. The van der Waals surface area contributed by atoms with Crippen LogP contribution in [0, 0.1) is 17.7 Å².